The SMILES string of the molecule is C=C/C(F)=C(/F)C(=C)C(C)CCC(C)O. The van der Waals surface area contributed by atoms with E-state index < -0.39 is 17.8 Å². The molecule has 0 fully saturated rings. The van der Waals surface area contributed by atoms with Crippen LogP contribution in [-0.4, -0.2) is 11.2 Å². The summed E-state index contributed by atoms with van der Waals surface area (Å²) >= 11 is 0. The Hall–Kier alpha value is -0.960. The van der Waals surface area contributed by atoms with Gasteiger partial charge in [-0.05, 0) is 37.3 Å². The molecule has 0 aromatic rings. The van der Waals surface area contributed by atoms with E-state index in [0.717, 1.165) is 6.08 Å². The molecule has 15 heavy (non-hydrogen) atoms. The van der Waals surface area contributed by atoms with Gasteiger partial charge in [-0.3, -0.25) is 0 Å². The summed E-state index contributed by atoms with van der Waals surface area (Å²) in [4.78, 5) is 0. The first-order chi connectivity index (χ1) is 6.90. The predicted octanol–water partition coefficient (Wildman–Crippen LogP) is 3.68. The first kappa shape index (κ1) is 14.0. The van der Waals surface area contributed by atoms with Gasteiger partial charge >= 0.3 is 0 Å². The van der Waals surface area contributed by atoms with E-state index in [9.17, 15) is 8.78 Å². The molecule has 0 amide bonds. The third-order valence-electron chi connectivity index (χ3n) is 2.28. The number of hydrogen-bond donors (Lipinski definition) is 1. The summed E-state index contributed by atoms with van der Waals surface area (Å²) in [6, 6.07) is 0. The summed E-state index contributed by atoms with van der Waals surface area (Å²) in [5.74, 6) is -2.11. The monoisotopic (exact) mass is 216 g/mol. The molecule has 0 aliphatic rings. The second-order valence-electron chi connectivity index (χ2n) is 3.72. The number of rotatable bonds is 6. The van der Waals surface area contributed by atoms with Gasteiger partial charge in [0.1, 0.15) is 0 Å². The van der Waals surface area contributed by atoms with E-state index in [1.165, 1.54) is 0 Å². The van der Waals surface area contributed by atoms with Crippen LogP contribution in [0.3, 0.4) is 0 Å². The Morgan fingerprint density at radius 2 is 1.87 bits per heavy atom. The van der Waals surface area contributed by atoms with Crippen LogP contribution in [0.4, 0.5) is 8.78 Å². The first-order valence-corrected chi connectivity index (χ1v) is 4.95. The van der Waals surface area contributed by atoms with Gasteiger partial charge in [0.15, 0.2) is 11.7 Å². The Morgan fingerprint density at radius 1 is 1.33 bits per heavy atom. The lowest BCUT2D eigenvalue weighted by Gasteiger charge is -2.14. The maximum Gasteiger partial charge on any atom is 0.161 e. The molecule has 86 valence electrons. The molecule has 0 spiro atoms. The normalized spacial score (nSPS) is 16.6. The number of allylic oxidation sites excluding steroid dienone is 4. The largest absolute Gasteiger partial charge is 0.393 e. The van der Waals surface area contributed by atoms with Crippen molar-refractivity contribution in [3.8, 4) is 0 Å². The molecule has 0 heterocycles. The zero-order valence-electron chi connectivity index (χ0n) is 9.26. The average Bonchev–Trinajstić information content (AvgIpc) is 2.22. The summed E-state index contributed by atoms with van der Waals surface area (Å²) in [6.07, 6.45) is 1.51. The highest BCUT2D eigenvalue weighted by Crippen LogP contribution is 2.26. The fourth-order valence-electron chi connectivity index (χ4n) is 1.12. The molecular formula is C12H18F2O. The van der Waals surface area contributed by atoms with Crippen molar-refractivity contribution in [3.05, 3.63) is 36.5 Å². The standard InChI is InChI=1S/C12H18F2O/c1-5-11(13)12(14)10(4)8(2)6-7-9(3)15/h5,8-9,15H,1,4,6-7H2,2-3H3/b12-11-. The topological polar surface area (TPSA) is 20.2 Å². The molecule has 2 atom stereocenters. The second kappa shape index (κ2) is 6.51. The van der Waals surface area contributed by atoms with E-state index in [1.807, 2.05) is 0 Å². The number of aliphatic hydroxyl groups is 1. The molecule has 0 aromatic heterocycles. The van der Waals surface area contributed by atoms with Crippen LogP contribution < -0.4 is 0 Å². The minimum absolute atomic E-state index is 0.119. The molecule has 0 aromatic carbocycles. The van der Waals surface area contributed by atoms with Crippen molar-refractivity contribution in [3.63, 3.8) is 0 Å². The first-order valence-electron chi connectivity index (χ1n) is 4.95. The lowest BCUT2D eigenvalue weighted by atomic mass is 9.95. The number of hydrogen-bond acceptors (Lipinski definition) is 1. The van der Waals surface area contributed by atoms with Gasteiger partial charge in [-0.15, -0.1) is 0 Å². The molecule has 0 aliphatic carbocycles. The second-order valence-corrected chi connectivity index (χ2v) is 3.72. The molecule has 0 saturated heterocycles. The fourth-order valence-corrected chi connectivity index (χ4v) is 1.12. The van der Waals surface area contributed by atoms with E-state index in [4.69, 9.17) is 5.11 Å². The van der Waals surface area contributed by atoms with Crippen LogP contribution in [0.1, 0.15) is 26.7 Å². The lowest BCUT2D eigenvalue weighted by molar-refractivity contribution is 0.177. The molecule has 1 N–H and O–H groups in total. The molecule has 0 saturated carbocycles. The maximum absolute atomic E-state index is 13.2. The van der Waals surface area contributed by atoms with Gasteiger partial charge in [0.25, 0.3) is 0 Å². The van der Waals surface area contributed by atoms with E-state index in [2.05, 4.69) is 13.2 Å². The quantitative estimate of drug-likeness (QED) is 0.671. The van der Waals surface area contributed by atoms with Crippen molar-refractivity contribution in [1.29, 1.82) is 0 Å². The highest BCUT2D eigenvalue weighted by molar-refractivity contribution is 5.30. The van der Waals surface area contributed by atoms with Gasteiger partial charge in [0, 0.05) is 0 Å². The Balaban J connectivity index is 4.39. The van der Waals surface area contributed by atoms with Crippen molar-refractivity contribution in [2.45, 2.75) is 32.8 Å². The van der Waals surface area contributed by atoms with E-state index in [-0.39, 0.29) is 11.5 Å². The third kappa shape index (κ3) is 4.88. The van der Waals surface area contributed by atoms with E-state index in [0.29, 0.717) is 12.8 Å². The van der Waals surface area contributed by atoms with Crippen LogP contribution in [0.5, 0.6) is 0 Å². The number of halogens is 2. The van der Waals surface area contributed by atoms with Gasteiger partial charge in [0.2, 0.25) is 0 Å². The smallest absolute Gasteiger partial charge is 0.161 e. The van der Waals surface area contributed by atoms with Gasteiger partial charge in [-0.2, -0.15) is 0 Å². The molecule has 0 radical (unpaired) electrons. The molecule has 0 aliphatic heterocycles. The van der Waals surface area contributed by atoms with Crippen molar-refractivity contribution < 1.29 is 13.9 Å². The third-order valence-corrected chi connectivity index (χ3v) is 2.28. The average molecular weight is 216 g/mol. The Morgan fingerprint density at radius 3 is 2.27 bits per heavy atom. The highest BCUT2D eigenvalue weighted by atomic mass is 19.2. The van der Waals surface area contributed by atoms with Crippen molar-refractivity contribution in [2.75, 3.05) is 0 Å². The van der Waals surface area contributed by atoms with E-state index >= 15 is 0 Å². The lowest BCUT2D eigenvalue weighted by Crippen LogP contribution is -2.06. The summed E-state index contributed by atoms with van der Waals surface area (Å²) in [5.41, 5.74) is 0.119. The Labute approximate surface area is 89.8 Å². The summed E-state index contributed by atoms with van der Waals surface area (Å²) in [6.45, 7) is 10.1. The molecule has 0 rings (SSSR count). The van der Waals surface area contributed by atoms with Gasteiger partial charge < -0.3 is 5.11 Å². The van der Waals surface area contributed by atoms with Gasteiger partial charge in [0.05, 0.1) is 6.10 Å². The molecule has 3 heteroatoms. The highest BCUT2D eigenvalue weighted by Gasteiger charge is 2.15. The molecular weight excluding hydrogens is 198 g/mol. The van der Waals surface area contributed by atoms with Crippen LogP contribution in [0.25, 0.3) is 0 Å². The summed E-state index contributed by atoms with van der Waals surface area (Å²) < 4.78 is 26.0. The molecule has 1 nitrogen and oxygen atoms in total. The maximum atomic E-state index is 13.2. The minimum atomic E-state index is -0.983. The predicted molar refractivity (Wildman–Crippen MR) is 58.7 cm³/mol. The summed E-state index contributed by atoms with van der Waals surface area (Å²) in [7, 11) is 0. The zero-order chi connectivity index (χ0) is 12.0. The van der Waals surface area contributed by atoms with E-state index in [1.54, 1.807) is 13.8 Å². The van der Waals surface area contributed by atoms with Crippen LogP contribution in [-0.2, 0) is 0 Å². The van der Waals surface area contributed by atoms with Gasteiger partial charge in [-0.25, -0.2) is 8.78 Å². The van der Waals surface area contributed by atoms with Crippen molar-refractivity contribution >= 4 is 0 Å². The summed E-state index contributed by atoms with van der Waals surface area (Å²) in [5, 5.41) is 9.05. The Kier molecular flexibility index (Phi) is 6.09. The fraction of sp³-hybridized carbons (Fsp3) is 0.500. The van der Waals surface area contributed by atoms with Crippen molar-refractivity contribution in [2.24, 2.45) is 5.92 Å². The van der Waals surface area contributed by atoms with Gasteiger partial charge in [-0.1, -0.05) is 20.1 Å². The Bertz CT molecular complexity index is 267. The minimum Gasteiger partial charge on any atom is -0.393 e. The molecule has 0 bridgehead atoms. The van der Waals surface area contributed by atoms with Crippen LogP contribution >= 0.6 is 0 Å². The number of aliphatic hydroxyl groups excluding tert-OH is 1. The van der Waals surface area contributed by atoms with Crippen LogP contribution in [0.2, 0.25) is 0 Å². The zero-order valence-corrected chi connectivity index (χ0v) is 9.26. The van der Waals surface area contributed by atoms with Crippen LogP contribution in [0.15, 0.2) is 36.5 Å². The van der Waals surface area contributed by atoms with Crippen LogP contribution in [0, 0.1) is 5.92 Å². The molecule has 2 unspecified atom stereocenters. The van der Waals surface area contributed by atoms with Crippen molar-refractivity contribution in [1.82, 2.24) is 0 Å².